The molecule has 0 amide bonds. The second kappa shape index (κ2) is 11.0. The van der Waals surface area contributed by atoms with Crippen LogP contribution in [0.3, 0.4) is 0 Å². The summed E-state index contributed by atoms with van der Waals surface area (Å²) in [4.78, 5) is 0. The van der Waals surface area contributed by atoms with Crippen molar-refractivity contribution in [2.75, 3.05) is 5.75 Å². The molecule has 4 nitrogen and oxygen atoms in total. The van der Waals surface area contributed by atoms with E-state index >= 15 is 0 Å². The van der Waals surface area contributed by atoms with Gasteiger partial charge in [0.25, 0.3) is 0 Å². The molecular formula is C17H33NO3S. The number of sulfone groups is 1. The summed E-state index contributed by atoms with van der Waals surface area (Å²) >= 11 is 0. The van der Waals surface area contributed by atoms with Crippen LogP contribution < -0.4 is 0 Å². The van der Waals surface area contributed by atoms with Gasteiger partial charge >= 0.3 is 0 Å². The molecule has 1 aliphatic carbocycles. The molecule has 0 aromatic heterocycles. The molecular weight excluding hydrogens is 298 g/mol. The van der Waals surface area contributed by atoms with Crippen molar-refractivity contribution < 1.29 is 13.6 Å². The van der Waals surface area contributed by atoms with E-state index in [1.54, 1.807) is 0 Å². The number of rotatable bonds is 5. The van der Waals surface area contributed by atoms with Crippen molar-refractivity contribution in [2.45, 2.75) is 95.6 Å². The molecule has 0 bridgehead atoms. The molecule has 1 unspecified atom stereocenters. The van der Waals surface area contributed by atoms with Gasteiger partial charge in [-0.3, -0.25) is 0 Å². The van der Waals surface area contributed by atoms with Gasteiger partial charge < -0.3 is 5.21 Å². The number of hydrogen-bond acceptors (Lipinski definition) is 4. The largest absolute Gasteiger partial charge is 0.411 e. The van der Waals surface area contributed by atoms with Crippen LogP contribution in [0.4, 0.5) is 0 Å². The van der Waals surface area contributed by atoms with Gasteiger partial charge in [-0.05, 0) is 25.7 Å². The summed E-state index contributed by atoms with van der Waals surface area (Å²) in [6.45, 7) is 2.07. The van der Waals surface area contributed by atoms with Crippen molar-refractivity contribution in [3.8, 4) is 0 Å². The maximum atomic E-state index is 12.7. The van der Waals surface area contributed by atoms with Gasteiger partial charge in [0.05, 0.1) is 11.5 Å². The third kappa shape index (κ3) is 7.12. The van der Waals surface area contributed by atoms with E-state index in [4.69, 9.17) is 0 Å². The summed E-state index contributed by atoms with van der Waals surface area (Å²) in [5.74, 6) is 0.227. The molecule has 1 atom stereocenters. The fraction of sp³-hybridized carbons (Fsp3) is 0.941. The molecule has 1 rings (SSSR count). The second-order valence-corrected chi connectivity index (χ2v) is 8.82. The Kier molecular flexibility index (Phi) is 9.76. The van der Waals surface area contributed by atoms with Crippen molar-refractivity contribution in [3.63, 3.8) is 0 Å². The highest BCUT2D eigenvalue weighted by Crippen LogP contribution is 2.21. The van der Waals surface area contributed by atoms with Crippen LogP contribution in [0.25, 0.3) is 0 Å². The Bertz CT molecular complexity index is 418. The molecule has 1 N–H and O–H groups in total. The number of nitrogens with zero attached hydrogens (tertiary/aromatic N) is 1. The Labute approximate surface area is 136 Å². The van der Waals surface area contributed by atoms with Crippen LogP contribution in [0, 0.1) is 0 Å². The first-order valence-corrected chi connectivity index (χ1v) is 10.8. The van der Waals surface area contributed by atoms with Crippen LogP contribution >= 0.6 is 0 Å². The van der Waals surface area contributed by atoms with E-state index < -0.39 is 15.1 Å². The molecule has 5 heteroatoms. The Hall–Kier alpha value is -0.580. The molecule has 0 saturated heterocycles. The smallest absolute Gasteiger partial charge is 0.158 e. The Morgan fingerprint density at radius 3 is 2.18 bits per heavy atom. The highest BCUT2D eigenvalue weighted by Gasteiger charge is 2.29. The highest BCUT2D eigenvalue weighted by molar-refractivity contribution is 7.92. The fourth-order valence-electron chi connectivity index (χ4n) is 3.22. The molecule has 0 aromatic carbocycles. The number of hydrogen-bond donors (Lipinski definition) is 1. The molecule has 1 aliphatic rings. The van der Waals surface area contributed by atoms with E-state index in [1.807, 2.05) is 0 Å². The van der Waals surface area contributed by atoms with Crippen LogP contribution in [0.5, 0.6) is 0 Å². The van der Waals surface area contributed by atoms with Crippen LogP contribution in [0.15, 0.2) is 5.16 Å². The van der Waals surface area contributed by atoms with Crippen LogP contribution in [0.2, 0.25) is 0 Å². The quantitative estimate of drug-likeness (QED) is 0.451. The summed E-state index contributed by atoms with van der Waals surface area (Å²) in [7, 11) is -3.20. The molecule has 22 heavy (non-hydrogen) atoms. The zero-order valence-electron chi connectivity index (χ0n) is 14.1. The maximum Gasteiger partial charge on any atom is 0.158 e. The predicted octanol–water partition coefficient (Wildman–Crippen LogP) is 4.70. The first kappa shape index (κ1) is 19.5. The van der Waals surface area contributed by atoms with E-state index in [2.05, 4.69) is 12.1 Å². The van der Waals surface area contributed by atoms with Gasteiger partial charge in [0.15, 0.2) is 9.84 Å². The summed E-state index contributed by atoms with van der Waals surface area (Å²) in [5.41, 5.74) is 0.497. The molecule has 1 fully saturated rings. The van der Waals surface area contributed by atoms with Gasteiger partial charge in [-0.1, -0.05) is 69.9 Å². The van der Waals surface area contributed by atoms with Crippen molar-refractivity contribution in [1.82, 2.24) is 0 Å². The van der Waals surface area contributed by atoms with Gasteiger partial charge in [-0.25, -0.2) is 8.42 Å². The Morgan fingerprint density at radius 2 is 1.59 bits per heavy atom. The van der Waals surface area contributed by atoms with Crippen molar-refractivity contribution >= 4 is 15.5 Å². The minimum Gasteiger partial charge on any atom is -0.411 e. The van der Waals surface area contributed by atoms with Gasteiger partial charge in [0.2, 0.25) is 0 Å². The van der Waals surface area contributed by atoms with Crippen LogP contribution in [0.1, 0.15) is 90.4 Å². The first-order valence-electron chi connectivity index (χ1n) is 9.04. The zero-order valence-corrected chi connectivity index (χ0v) is 14.9. The van der Waals surface area contributed by atoms with E-state index in [1.165, 1.54) is 25.7 Å². The summed E-state index contributed by atoms with van der Waals surface area (Å²) in [6, 6.07) is 0. The third-order valence-electron chi connectivity index (χ3n) is 4.62. The molecule has 0 aliphatic heterocycles. The zero-order chi connectivity index (χ0) is 16.3. The SMILES string of the molecule is CCCCCS(=O)(=O)C1CCCCCCCCCCC1=NO. The van der Waals surface area contributed by atoms with E-state index in [-0.39, 0.29) is 5.75 Å². The van der Waals surface area contributed by atoms with Crippen LogP contribution in [-0.4, -0.2) is 30.3 Å². The topological polar surface area (TPSA) is 66.7 Å². The average Bonchev–Trinajstić information content (AvgIpc) is 2.47. The number of oxime groups is 1. The van der Waals surface area contributed by atoms with Crippen LogP contribution in [-0.2, 0) is 9.84 Å². The van der Waals surface area contributed by atoms with Gasteiger partial charge in [0, 0.05) is 0 Å². The standard InChI is InChI=1S/C17H33NO3S/c1-2-3-12-15-22(20,21)17-14-11-9-7-5-4-6-8-10-13-16(17)18-19/h17,19H,2-15H2,1H3. The summed E-state index contributed by atoms with van der Waals surface area (Å²) < 4.78 is 25.3. The minimum absolute atomic E-state index is 0.227. The van der Waals surface area contributed by atoms with E-state index in [0.717, 1.165) is 38.5 Å². The molecule has 0 radical (unpaired) electrons. The molecule has 130 valence electrons. The molecule has 1 saturated carbocycles. The lowest BCUT2D eigenvalue weighted by atomic mass is 9.99. The highest BCUT2D eigenvalue weighted by atomic mass is 32.2. The average molecular weight is 332 g/mol. The lowest BCUT2D eigenvalue weighted by Gasteiger charge is -2.19. The maximum absolute atomic E-state index is 12.7. The van der Waals surface area contributed by atoms with Crippen molar-refractivity contribution in [2.24, 2.45) is 5.16 Å². The second-order valence-electron chi connectivity index (χ2n) is 6.52. The van der Waals surface area contributed by atoms with Crippen molar-refractivity contribution in [1.29, 1.82) is 0 Å². The van der Waals surface area contributed by atoms with E-state index in [0.29, 0.717) is 25.0 Å². The monoisotopic (exact) mass is 331 g/mol. The molecule has 0 heterocycles. The summed E-state index contributed by atoms with van der Waals surface area (Å²) in [6.07, 6.45) is 12.9. The number of unbranched alkanes of at least 4 members (excludes halogenated alkanes) is 2. The third-order valence-corrected chi connectivity index (χ3v) is 6.85. The lowest BCUT2D eigenvalue weighted by molar-refractivity contribution is 0.315. The fourth-order valence-corrected chi connectivity index (χ4v) is 5.22. The first-order chi connectivity index (χ1) is 10.6. The molecule has 0 aromatic rings. The van der Waals surface area contributed by atoms with Gasteiger partial charge in [0.1, 0.15) is 5.25 Å². The van der Waals surface area contributed by atoms with E-state index in [9.17, 15) is 13.6 Å². The summed E-state index contributed by atoms with van der Waals surface area (Å²) in [5, 5.41) is 12.2. The van der Waals surface area contributed by atoms with Gasteiger partial charge in [-0.2, -0.15) is 0 Å². The minimum atomic E-state index is -3.20. The van der Waals surface area contributed by atoms with Gasteiger partial charge in [-0.15, -0.1) is 0 Å². The lowest BCUT2D eigenvalue weighted by Crippen LogP contribution is -2.32. The van der Waals surface area contributed by atoms with Crippen molar-refractivity contribution in [3.05, 3.63) is 0 Å². The Morgan fingerprint density at radius 1 is 1.00 bits per heavy atom. The predicted molar refractivity (Wildman–Crippen MR) is 92.5 cm³/mol. The Balaban J connectivity index is 2.76. The normalized spacial score (nSPS) is 24.6. The molecule has 0 spiro atoms.